The molecule has 5 nitrogen and oxygen atoms in total. The zero-order valence-electron chi connectivity index (χ0n) is 12.9. The van der Waals surface area contributed by atoms with Crippen molar-refractivity contribution in [3.05, 3.63) is 0 Å². The lowest BCUT2D eigenvalue weighted by atomic mass is 9.80. The van der Waals surface area contributed by atoms with E-state index in [1.165, 1.54) is 0 Å². The Hall–Kier alpha value is -1.10. The van der Waals surface area contributed by atoms with Gasteiger partial charge in [-0.1, -0.05) is 20.8 Å². The van der Waals surface area contributed by atoms with E-state index in [2.05, 4.69) is 10.6 Å². The van der Waals surface area contributed by atoms with Crippen molar-refractivity contribution in [3.8, 4) is 0 Å². The predicted octanol–water partition coefficient (Wildman–Crippen LogP) is 1.77. The highest BCUT2D eigenvalue weighted by Crippen LogP contribution is 2.29. The van der Waals surface area contributed by atoms with Crippen LogP contribution in [0.2, 0.25) is 0 Å². The minimum absolute atomic E-state index is 0.0549. The van der Waals surface area contributed by atoms with E-state index >= 15 is 0 Å². The molecule has 1 saturated heterocycles. The first-order chi connectivity index (χ1) is 9.25. The number of piperidine rings is 1. The number of hydrogen-bond acceptors (Lipinski definition) is 3. The standard InChI is InChI=1S/C15H28N2O3/c1-14(2,5-4-12(18)19)6-11-17-13(20)15(3)7-9-16-10-8-15/h16H,4-11H2,1-3H3,(H,17,20)(H,18,19). The van der Waals surface area contributed by atoms with E-state index in [4.69, 9.17) is 5.11 Å². The molecule has 1 amide bonds. The molecule has 0 spiro atoms. The minimum Gasteiger partial charge on any atom is -0.481 e. The highest BCUT2D eigenvalue weighted by atomic mass is 16.4. The topological polar surface area (TPSA) is 78.4 Å². The third kappa shape index (κ3) is 5.49. The Labute approximate surface area is 121 Å². The zero-order chi connectivity index (χ0) is 15.2. The molecular formula is C15H28N2O3. The van der Waals surface area contributed by atoms with Crippen LogP contribution in [-0.4, -0.2) is 36.6 Å². The first-order valence-corrected chi connectivity index (χ1v) is 7.46. The van der Waals surface area contributed by atoms with Gasteiger partial charge >= 0.3 is 5.97 Å². The Morgan fingerprint density at radius 1 is 1.25 bits per heavy atom. The number of amides is 1. The maximum absolute atomic E-state index is 12.2. The van der Waals surface area contributed by atoms with Gasteiger partial charge in [-0.05, 0) is 44.2 Å². The van der Waals surface area contributed by atoms with Gasteiger partial charge in [0.1, 0.15) is 0 Å². The second kappa shape index (κ2) is 7.07. The molecule has 1 aliphatic heterocycles. The maximum Gasteiger partial charge on any atom is 0.303 e. The average molecular weight is 284 g/mol. The van der Waals surface area contributed by atoms with Crippen LogP contribution in [0.25, 0.3) is 0 Å². The number of aliphatic carboxylic acids is 1. The molecule has 1 fully saturated rings. The Balaban J connectivity index is 2.32. The van der Waals surface area contributed by atoms with Crippen LogP contribution in [0.4, 0.5) is 0 Å². The van der Waals surface area contributed by atoms with Gasteiger partial charge in [-0.2, -0.15) is 0 Å². The van der Waals surface area contributed by atoms with Crippen LogP contribution in [0.15, 0.2) is 0 Å². The molecule has 0 aromatic rings. The van der Waals surface area contributed by atoms with Crippen LogP contribution in [0, 0.1) is 10.8 Å². The fourth-order valence-corrected chi connectivity index (χ4v) is 2.50. The van der Waals surface area contributed by atoms with Crippen LogP contribution in [-0.2, 0) is 9.59 Å². The molecule has 0 radical (unpaired) electrons. The van der Waals surface area contributed by atoms with Crippen molar-refractivity contribution in [1.82, 2.24) is 10.6 Å². The van der Waals surface area contributed by atoms with Gasteiger partial charge in [-0.25, -0.2) is 0 Å². The number of carbonyl (C=O) groups excluding carboxylic acids is 1. The van der Waals surface area contributed by atoms with Gasteiger partial charge in [0.15, 0.2) is 0 Å². The molecule has 1 rings (SSSR count). The number of nitrogens with one attached hydrogen (secondary N) is 2. The smallest absolute Gasteiger partial charge is 0.303 e. The van der Waals surface area contributed by atoms with Gasteiger partial charge in [0.05, 0.1) is 0 Å². The van der Waals surface area contributed by atoms with Crippen LogP contribution in [0.5, 0.6) is 0 Å². The second-order valence-corrected chi connectivity index (χ2v) is 6.87. The lowest BCUT2D eigenvalue weighted by Gasteiger charge is -2.33. The van der Waals surface area contributed by atoms with Gasteiger partial charge in [-0.3, -0.25) is 9.59 Å². The molecule has 0 aliphatic carbocycles. The summed E-state index contributed by atoms with van der Waals surface area (Å²) in [6, 6.07) is 0. The van der Waals surface area contributed by atoms with Gasteiger partial charge < -0.3 is 15.7 Å². The van der Waals surface area contributed by atoms with E-state index < -0.39 is 5.97 Å². The summed E-state index contributed by atoms with van der Waals surface area (Å²) in [5, 5.41) is 15.0. The van der Waals surface area contributed by atoms with Crippen LogP contribution < -0.4 is 10.6 Å². The molecular weight excluding hydrogens is 256 g/mol. The largest absolute Gasteiger partial charge is 0.481 e. The quantitative estimate of drug-likeness (QED) is 0.666. The molecule has 5 heteroatoms. The van der Waals surface area contributed by atoms with E-state index in [0.29, 0.717) is 13.0 Å². The van der Waals surface area contributed by atoms with Gasteiger partial charge in [-0.15, -0.1) is 0 Å². The first-order valence-electron chi connectivity index (χ1n) is 7.46. The van der Waals surface area contributed by atoms with Crippen molar-refractivity contribution >= 4 is 11.9 Å². The summed E-state index contributed by atoms with van der Waals surface area (Å²) in [6.07, 6.45) is 3.38. The van der Waals surface area contributed by atoms with E-state index in [1.54, 1.807) is 0 Å². The van der Waals surface area contributed by atoms with Crippen molar-refractivity contribution in [2.45, 2.75) is 52.9 Å². The predicted molar refractivity (Wildman–Crippen MR) is 78.5 cm³/mol. The first kappa shape index (κ1) is 17.0. The third-order valence-corrected chi connectivity index (χ3v) is 4.36. The van der Waals surface area contributed by atoms with Crippen molar-refractivity contribution in [3.63, 3.8) is 0 Å². The molecule has 20 heavy (non-hydrogen) atoms. The number of rotatable bonds is 7. The summed E-state index contributed by atoms with van der Waals surface area (Å²) in [5.41, 5.74) is -0.308. The number of hydrogen-bond donors (Lipinski definition) is 3. The second-order valence-electron chi connectivity index (χ2n) is 6.87. The van der Waals surface area contributed by atoms with Gasteiger partial charge in [0.2, 0.25) is 5.91 Å². The lowest BCUT2D eigenvalue weighted by Crippen LogP contribution is -2.46. The average Bonchev–Trinajstić information content (AvgIpc) is 2.37. The summed E-state index contributed by atoms with van der Waals surface area (Å²) < 4.78 is 0. The van der Waals surface area contributed by atoms with Crippen LogP contribution >= 0.6 is 0 Å². The molecule has 1 aliphatic rings. The summed E-state index contributed by atoms with van der Waals surface area (Å²) in [5.74, 6) is -0.627. The van der Waals surface area contributed by atoms with E-state index in [-0.39, 0.29) is 23.2 Å². The molecule has 3 N–H and O–H groups in total. The molecule has 0 aromatic carbocycles. The van der Waals surface area contributed by atoms with Crippen molar-refractivity contribution < 1.29 is 14.7 Å². The normalized spacial score (nSPS) is 18.6. The van der Waals surface area contributed by atoms with E-state index in [0.717, 1.165) is 32.4 Å². The Kier molecular flexibility index (Phi) is 5.99. The highest BCUT2D eigenvalue weighted by Gasteiger charge is 2.34. The third-order valence-electron chi connectivity index (χ3n) is 4.36. The molecule has 0 bridgehead atoms. The monoisotopic (exact) mass is 284 g/mol. The van der Waals surface area contributed by atoms with Gasteiger partial charge in [0.25, 0.3) is 0 Å². The Bertz CT molecular complexity index is 347. The SMILES string of the molecule is CC(C)(CCNC(=O)C1(C)CCNCC1)CCC(=O)O. The molecule has 0 atom stereocenters. The van der Waals surface area contributed by atoms with Crippen molar-refractivity contribution in [2.75, 3.05) is 19.6 Å². The molecule has 0 unspecified atom stereocenters. The van der Waals surface area contributed by atoms with Crippen LogP contribution in [0.3, 0.4) is 0 Å². The fraction of sp³-hybridized carbons (Fsp3) is 0.867. The molecule has 0 aromatic heterocycles. The summed E-state index contributed by atoms with van der Waals surface area (Å²) in [6.45, 7) is 8.54. The minimum atomic E-state index is -0.760. The summed E-state index contributed by atoms with van der Waals surface area (Å²) in [4.78, 5) is 22.8. The number of carboxylic acid groups (broad SMARTS) is 1. The summed E-state index contributed by atoms with van der Waals surface area (Å²) >= 11 is 0. The van der Waals surface area contributed by atoms with Crippen molar-refractivity contribution in [2.24, 2.45) is 10.8 Å². The van der Waals surface area contributed by atoms with Gasteiger partial charge in [0, 0.05) is 18.4 Å². The summed E-state index contributed by atoms with van der Waals surface area (Å²) in [7, 11) is 0. The highest BCUT2D eigenvalue weighted by molar-refractivity contribution is 5.82. The Morgan fingerprint density at radius 2 is 1.85 bits per heavy atom. The maximum atomic E-state index is 12.2. The molecule has 0 saturated carbocycles. The lowest BCUT2D eigenvalue weighted by molar-refractivity contribution is -0.137. The van der Waals surface area contributed by atoms with Crippen LogP contribution in [0.1, 0.15) is 52.9 Å². The number of carboxylic acids is 1. The van der Waals surface area contributed by atoms with E-state index in [9.17, 15) is 9.59 Å². The fourth-order valence-electron chi connectivity index (χ4n) is 2.50. The van der Waals surface area contributed by atoms with Crippen molar-refractivity contribution in [1.29, 1.82) is 0 Å². The van der Waals surface area contributed by atoms with E-state index in [1.807, 2.05) is 20.8 Å². The Morgan fingerprint density at radius 3 is 2.40 bits per heavy atom. The zero-order valence-corrected chi connectivity index (χ0v) is 12.9. The number of carbonyl (C=O) groups is 2. The molecule has 116 valence electrons. The molecule has 1 heterocycles.